The minimum absolute atomic E-state index is 0.327. The number of thiophene rings is 1. The van der Waals surface area contributed by atoms with Crippen LogP contribution in [-0.4, -0.2) is 6.54 Å². The van der Waals surface area contributed by atoms with Crippen molar-refractivity contribution in [3.8, 4) is 0 Å². The first-order valence-electron chi connectivity index (χ1n) is 6.55. The van der Waals surface area contributed by atoms with Gasteiger partial charge < -0.3 is 9.73 Å². The van der Waals surface area contributed by atoms with Gasteiger partial charge in [0.15, 0.2) is 0 Å². The van der Waals surface area contributed by atoms with E-state index in [1.54, 1.807) is 11.3 Å². The lowest BCUT2D eigenvalue weighted by Gasteiger charge is -2.18. The normalized spacial score (nSPS) is 12.9. The summed E-state index contributed by atoms with van der Waals surface area (Å²) >= 11 is 5.32. The number of likely N-dealkylation sites (N-methyl/N-ethyl adjacent to an activating group) is 1. The lowest BCUT2D eigenvalue weighted by molar-refractivity contribution is 0.485. The van der Waals surface area contributed by atoms with E-state index >= 15 is 0 Å². The molecule has 2 nitrogen and oxygen atoms in total. The monoisotopic (exact) mass is 341 g/mol. The molecule has 4 heteroatoms. The van der Waals surface area contributed by atoms with Gasteiger partial charge in [0.1, 0.15) is 11.5 Å². The molecule has 0 amide bonds. The van der Waals surface area contributed by atoms with Crippen LogP contribution in [-0.2, 0) is 6.42 Å². The average Bonchev–Trinajstić information content (AvgIpc) is 2.84. The third-order valence-corrected chi connectivity index (χ3v) is 5.16. The first kappa shape index (κ1) is 14.8. The van der Waals surface area contributed by atoms with E-state index in [9.17, 15) is 0 Å². The Hall–Kier alpha value is -0.580. The Morgan fingerprint density at radius 1 is 1.32 bits per heavy atom. The van der Waals surface area contributed by atoms with Crippen LogP contribution in [0.15, 0.2) is 20.3 Å². The van der Waals surface area contributed by atoms with Crippen LogP contribution in [0.1, 0.15) is 40.5 Å². The Bertz CT molecular complexity index is 558. The number of rotatable bonds is 5. The molecule has 104 valence electrons. The number of aryl methyl sites for hydroxylation is 2. The fourth-order valence-corrected chi connectivity index (χ4v) is 4.00. The van der Waals surface area contributed by atoms with Gasteiger partial charge in [0.25, 0.3) is 0 Å². The molecule has 0 bridgehead atoms. The molecule has 2 heterocycles. The Morgan fingerprint density at radius 2 is 2.05 bits per heavy atom. The zero-order valence-electron chi connectivity index (χ0n) is 11.8. The van der Waals surface area contributed by atoms with Crippen molar-refractivity contribution in [2.75, 3.05) is 6.54 Å². The molecule has 2 aromatic heterocycles. The summed E-state index contributed by atoms with van der Waals surface area (Å²) in [7, 11) is 0. The number of hydrogen-bond acceptors (Lipinski definition) is 3. The summed E-state index contributed by atoms with van der Waals surface area (Å²) in [4.78, 5) is 1.38. The third-order valence-electron chi connectivity index (χ3n) is 3.44. The maximum absolute atomic E-state index is 5.77. The molecule has 0 aliphatic rings. The molecule has 19 heavy (non-hydrogen) atoms. The van der Waals surface area contributed by atoms with Gasteiger partial charge >= 0.3 is 0 Å². The predicted molar refractivity (Wildman–Crippen MR) is 85.1 cm³/mol. The summed E-state index contributed by atoms with van der Waals surface area (Å²) in [5.41, 5.74) is 2.60. The molecular formula is C15H20BrNOS. The summed E-state index contributed by atoms with van der Waals surface area (Å²) in [6.45, 7) is 9.35. The van der Waals surface area contributed by atoms with Crippen molar-refractivity contribution in [3.05, 3.63) is 43.4 Å². The van der Waals surface area contributed by atoms with Gasteiger partial charge in [-0.2, -0.15) is 0 Å². The molecule has 0 aromatic carbocycles. The van der Waals surface area contributed by atoms with Crippen LogP contribution in [0.4, 0.5) is 0 Å². The zero-order chi connectivity index (χ0) is 14.0. The van der Waals surface area contributed by atoms with E-state index in [0.29, 0.717) is 6.04 Å². The second kappa shape index (κ2) is 6.25. The molecule has 0 aliphatic heterocycles. The van der Waals surface area contributed by atoms with E-state index in [2.05, 4.69) is 53.5 Å². The van der Waals surface area contributed by atoms with E-state index in [1.807, 2.05) is 6.92 Å². The van der Waals surface area contributed by atoms with Crippen molar-refractivity contribution >= 4 is 27.3 Å². The van der Waals surface area contributed by atoms with Crippen molar-refractivity contribution in [2.24, 2.45) is 0 Å². The van der Waals surface area contributed by atoms with Gasteiger partial charge in [0.05, 0.1) is 0 Å². The maximum atomic E-state index is 5.77. The molecule has 2 aromatic rings. The summed E-state index contributed by atoms with van der Waals surface area (Å²) in [5.74, 6) is 2.07. The fraction of sp³-hybridized carbons (Fsp3) is 0.467. The van der Waals surface area contributed by atoms with Crippen LogP contribution in [0.3, 0.4) is 0 Å². The van der Waals surface area contributed by atoms with E-state index in [4.69, 9.17) is 4.42 Å². The molecule has 1 atom stereocenters. The van der Waals surface area contributed by atoms with E-state index < -0.39 is 0 Å². The Labute approximate surface area is 127 Å². The van der Waals surface area contributed by atoms with Crippen molar-refractivity contribution in [1.29, 1.82) is 0 Å². The van der Waals surface area contributed by atoms with Crippen molar-refractivity contribution < 1.29 is 4.42 Å². The van der Waals surface area contributed by atoms with E-state index in [1.165, 1.54) is 20.5 Å². The van der Waals surface area contributed by atoms with Gasteiger partial charge in [-0.05, 0) is 54.9 Å². The maximum Gasteiger partial charge on any atom is 0.106 e. The van der Waals surface area contributed by atoms with Crippen molar-refractivity contribution in [1.82, 2.24) is 5.32 Å². The topological polar surface area (TPSA) is 25.2 Å². The van der Waals surface area contributed by atoms with E-state index in [0.717, 1.165) is 24.5 Å². The zero-order valence-corrected chi connectivity index (χ0v) is 14.2. The Morgan fingerprint density at radius 3 is 2.53 bits per heavy atom. The molecule has 0 spiro atoms. The standard InChI is InChI=1S/C15H20BrNOS/c1-5-17-14(7-13-6-12(16)8-19-13)15-9(2)10(3)18-11(15)4/h6,8,14,17H,5,7H2,1-4H3. The molecule has 0 fully saturated rings. The van der Waals surface area contributed by atoms with Gasteiger partial charge in [0.2, 0.25) is 0 Å². The second-order valence-electron chi connectivity index (χ2n) is 4.80. The number of halogens is 1. The molecule has 0 saturated carbocycles. The SMILES string of the molecule is CCNC(Cc1cc(Br)cs1)c1c(C)oc(C)c1C. The van der Waals surface area contributed by atoms with Crippen LogP contribution in [0.2, 0.25) is 0 Å². The van der Waals surface area contributed by atoms with Gasteiger partial charge in [-0.25, -0.2) is 0 Å². The van der Waals surface area contributed by atoms with Gasteiger partial charge in [-0.3, -0.25) is 0 Å². The Kier molecular flexibility index (Phi) is 4.87. The molecule has 2 rings (SSSR count). The number of hydrogen-bond donors (Lipinski definition) is 1. The quantitative estimate of drug-likeness (QED) is 0.834. The molecule has 0 saturated heterocycles. The molecule has 1 unspecified atom stereocenters. The van der Waals surface area contributed by atoms with Crippen molar-refractivity contribution in [3.63, 3.8) is 0 Å². The largest absolute Gasteiger partial charge is 0.466 e. The van der Waals surface area contributed by atoms with Crippen LogP contribution in [0.25, 0.3) is 0 Å². The number of furan rings is 1. The lowest BCUT2D eigenvalue weighted by Crippen LogP contribution is -2.23. The summed E-state index contributed by atoms with van der Waals surface area (Å²) < 4.78 is 6.94. The highest BCUT2D eigenvalue weighted by molar-refractivity contribution is 9.10. The smallest absolute Gasteiger partial charge is 0.106 e. The van der Waals surface area contributed by atoms with Crippen LogP contribution in [0.5, 0.6) is 0 Å². The third kappa shape index (κ3) is 3.30. The minimum atomic E-state index is 0.327. The Balaban J connectivity index is 2.29. The van der Waals surface area contributed by atoms with Crippen molar-refractivity contribution in [2.45, 2.75) is 40.2 Å². The van der Waals surface area contributed by atoms with Gasteiger partial charge in [0, 0.05) is 32.8 Å². The molecule has 0 aliphatic carbocycles. The second-order valence-corrected chi connectivity index (χ2v) is 6.71. The fourth-order valence-electron chi connectivity index (χ4n) is 2.51. The number of nitrogens with one attached hydrogen (secondary N) is 1. The average molecular weight is 342 g/mol. The molecule has 0 radical (unpaired) electrons. The van der Waals surface area contributed by atoms with Crippen LogP contribution < -0.4 is 5.32 Å². The highest BCUT2D eigenvalue weighted by Crippen LogP contribution is 2.31. The van der Waals surface area contributed by atoms with E-state index in [-0.39, 0.29) is 0 Å². The lowest BCUT2D eigenvalue weighted by atomic mass is 9.98. The molecular weight excluding hydrogens is 322 g/mol. The highest BCUT2D eigenvalue weighted by atomic mass is 79.9. The summed E-state index contributed by atoms with van der Waals surface area (Å²) in [5, 5.41) is 5.72. The first-order chi connectivity index (χ1) is 9.02. The van der Waals surface area contributed by atoms with Crippen LogP contribution >= 0.6 is 27.3 Å². The highest BCUT2D eigenvalue weighted by Gasteiger charge is 2.21. The summed E-state index contributed by atoms with van der Waals surface area (Å²) in [6, 6.07) is 2.53. The predicted octanol–water partition coefficient (Wildman–Crippen LogP) is 4.92. The first-order valence-corrected chi connectivity index (χ1v) is 8.23. The van der Waals surface area contributed by atoms with Gasteiger partial charge in [-0.1, -0.05) is 6.92 Å². The molecule has 1 N–H and O–H groups in total. The van der Waals surface area contributed by atoms with Gasteiger partial charge in [-0.15, -0.1) is 11.3 Å². The summed E-state index contributed by atoms with van der Waals surface area (Å²) in [6.07, 6.45) is 1.00. The van der Waals surface area contributed by atoms with Crippen LogP contribution in [0, 0.1) is 20.8 Å². The minimum Gasteiger partial charge on any atom is -0.466 e.